The smallest absolute Gasteiger partial charge is 0.228 e. The molecule has 0 heterocycles. The Kier molecular flexibility index (Phi) is 5.44. The average Bonchev–Trinajstić information content (AvgIpc) is 2.47. The van der Waals surface area contributed by atoms with Crippen LogP contribution < -0.4 is 14.8 Å². The summed E-state index contributed by atoms with van der Waals surface area (Å²) in [6, 6.07) is 7.46. The predicted molar refractivity (Wildman–Crippen MR) is 79.7 cm³/mol. The van der Waals surface area contributed by atoms with Gasteiger partial charge in [-0.05, 0) is 25.0 Å². The Morgan fingerprint density at radius 2 is 1.95 bits per heavy atom. The molecule has 0 saturated heterocycles. The van der Waals surface area contributed by atoms with Gasteiger partial charge in [0.15, 0.2) is 11.5 Å². The fourth-order valence-electron chi connectivity index (χ4n) is 2.57. The van der Waals surface area contributed by atoms with E-state index >= 15 is 0 Å². The quantitative estimate of drug-likeness (QED) is 0.745. The van der Waals surface area contributed by atoms with Crippen molar-refractivity contribution < 1.29 is 19.0 Å². The number of carbonyl (C=O) groups is 1. The first kappa shape index (κ1) is 15.6. The maximum atomic E-state index is 12.2. The first-order chi connectivity index (χ1) is 10.2. The van der Waals surface area contributed by atoms with Crippen LogP contribution in [-0.2, 0) is 9.53 Å². The summed E-state index contributed by atoms with van der Waals surface area (Å²) in [7, 11) is 3.24. The Labute approximate surface area is 125 Å². The zero-order valence-electron chi connectivity index (χ0n) is 12.7. The lowest BCUT2D eigenvalue weighted by Crippen LogP contribution is -2.49. The minimum atomic E-state index is -0.320. The normalized spacial score (nSPS) is 15.9. The lowest BCUT2D eigenvalue weighted by Gasteiger charge is -2.39. The second kappa shape index (κ2) is 7.31. The van der Waals surface area contributed by atoms with Crippen molar-refractivity contribution in [1.29, 1.82) is 0 Å². The first-order valence-corrected chi connectivity index (χ1v) is 7.25. The SMILES string of the molecule is COCC1(C(=O)NCCOc2ccccc2OC)CCC1. The fraction of sp³-hybridized carbons (Fsp3) is 0.562. The van der Waals surface area contributed by atoms with E-state index < -0.39 is 0 Å². The van der Waals surface area contributed by atoms with Gasteiger partial charge in [0, 0.05) is 7.11 Å². The van der Waals surface area contributed by atoms with E-state index in [4.69, 9.17) is 14.2 Å². The first-order valence-electron chi connectivity index (χ1n) is 7.25. The fourth-order valence-corrected chi connectivity index (χ4v) is 2.57. The van der Waals surface area contributed by atoms with Crippen LogP contribution in [0.1, 0.15) is 19.3 Å². The third kappa shape index (κ3) is 3.67. The molecule has 0 radical (unpaired) electrons. The van der Waals surface area contributed by atoms with Gasteiger partial charge < -0.3 is 19.5 Å². The lowest BCUT2D eigenvalue weighted by molar-refractivity contribution is -0.140. The molecule has 1 aliphatic rings. The number of rotatable bonds is 8. The van der Waals surface area contributed by atoms with Crippen molar-refractivity contribution in [2.45, 2.75) is 19.3 Å². The minimum Gasteiger partial charge on any atom is -0.493 e. The Balaban J connectivity index is 1.75. The molecule has 0 aliphatic heterocycles. The Hall–Kier alpha value is -1.75. The monoisotopic (exact) mass is 293 g/mol. The Bertz CT molecular complexity index is 471. The molecule has 0 unspecified atom stereocenters. The van der Waals surface area contributed by atoms with Crippen molar-refractivity contribution in [1.82, 2.24) is 5.32 Å². The molecule has 1 aromatic rings. The third-order valence-corrected chi connectivity index (χ3v) is 3.93. The summed E-state index contributed by atoms with van der Waals surface area (Å²) in [5.74, 6) is 1.45. The number of amides is 1. The van der Waals surface area contributed by atoms with Crippen LogP contribution in [0.2, 0.25) is 0 Å². The molecule has 21 heavy (non-hydrogen) atoms. The molecule has 0 bridgehead atoms. The second-order valence-corrected chi connectivity index (χ2v) is 5.32. The van der Waals surface area contributed by atoms with E-state index in [-0.39, 0.29) is 11.3 Å². The van der Waals surface area contributed by atoms with Crippen LogP contribution in [0, 0.1) is 5.41 Å². The van der Waals surface area contributed by atoms with E-state index in [0.717, 1.165) is 19.3 Å². The Morgan fingerprint density at radius 3 is 2.52 bits per heavy atom. The second-order valence-electron chi connectivity index (χ2n) is 5.32. The molecular weight excluding hydrogens is 270 g/mol. The average molecular weight is 293 g/mol. The van der Waals surface area contributed by atoms with E-state index in [0.29, 0.717) is 31.3 Å². The summed E-state index contributed by atoms with van der Waals surface area (Å²) in [6.07, 6.45) is 2.90. The van der Waals surface area contributed by atoms with Gasteiger partial charge in [0.2, 0.25) is 5.91 Å². The van der Waals surface area contributed by atoms with E-state index in [1.165, 1.54) is 0 Å². The van der Waals surface area contributed by atoms with Gasteiger partial charge in [-0.1, -0.05) is 18.6 Å². The highest BCUT2D eigenvalue weighted by Gasteiger charge is 2.43. The number of benzene rings is 1. The number of hydrogen-bond acceptors (Lipinski definition) is 4. The molecule has 1 aliphatic carbocycles. The van der Waals surface area contributed by atoms with Gasteiger partial charge in [0.1, 0.15) is 6.61 Å². The molecule has 5 heteroatoms. The van der Waals surface area contributed by atoms with Crippen LogP contribution >= 0.6 is 0 Å². The molecule has 1 aromatic carbocycles. The number of para-hydroxylation sites is 2. The molecule has 5 nitrogen and oxygen atoms in total. The van der Waals surface area contributed by atoms with Crippen LogP contribution in [0.15, 0.2) is 24.3 Å². The molecule has 1 N–H and O–H groups in total. The molecule has 1 fully saturated rings. The van der Waals surface area contributed by atoms with Crippen LogP contribution in [0.25, 0.3) is 0 Å². The largest absolute Gasteiger partial charge is 0.493 e. The summed E-state index contributed by atoms with van der Waals surface area (Å²) in [5.41, 5.74) is -0.320. The highest BCUT2D eigenvalue weighted by molar-refractivity contribution is 5.83. The van der Waals surface area contributed by atoms with Crippen molar-refractivity contribution in [2.75, 3.05) is 34.0 Å². The van der Waals surface area contributed by atoms with Crippen LogP contribution in [0.4, 0.5) is 0 Å². The number of hydrogen-bond donors (Lipinski definition) is 1. The van der Waals surface area contributed by atoms with Crippen molar-refractivity contribution in [3.8, 4) is 11.5 Å². The topological polar surface area (TPSA) is 56.8 Å². The summed E-state index contributed by atoms with van der Waals surface area (Å²) in [4.78, 5) is 12.2. The van der Waals surface area contributed by atoms with Crippen LogP contribution in [0.5, 0.6) is 11.5 Å². The summed E-state index contributed by atoms with van der Waals surface area (Å²) < 4.78 is 16.0. The number of nitrogens with one attached hydrogen (secondary N) is 1. The zero-order chi connectivity index (χ0) is 15.1. The van der Waals surface area contributed by atoms with E-state index in [9.17, 15) is 4.79 Å². The van der Waals surface area contributed by atoms with E-state index in [1.54, 1.807) is 14.2 Å². The van der Waals surface area contributed by atoms with Gasteiger partial charge in [0.05, 0.1) is 25.7 Å². The van der Waals surface area contributed by atoms with Crippen molar-refractivity contribution in [3.05, 3.63) is 24.3 Å². The molecule has 0 atom stereocenters. The molecule has 0 spiro atoms. The molecule has 2 rings (SSSR count). The summed E-state index contributed by atoms with van der Waals surface area (Å²) in [6.45, 7) is 1.38. The zero-order valence-corrected chi connectivity index (χ0v) is 12.7. The molecule has 1 saturated carbocycles. The van der Waals surface area contributed by atoms with Gasteiger partial charge in [-0.3, -0.25) is 4.79 Å². The molecule has 116 valence electrons. The van der Waals surface area contributed by atoms with Gasteiger partial charge in [0.25, 0.3) is 0 Å². The van der Waals surface area contributed by atoms with Gasteiger partial charge in [-0.25, -0.2) is 0 Å². The van der Waals surface area contributed by atoms with E-state index in [1.807, 2.05) is 24.3 Å². The van der Waals surface area contributed by atoms with Crippen molar-refractivity contribution in [2.24, 2.45) is 5.41 Å². The molecular formula is C16H23NO4. The molecule has 0 aromatic heterocycles. The predicted octanol–water partition coefficient (Wildman–Crippen LogP) is 2.01. The highest BCUT2D eigenvalue weighted by atomic mass is 16.5. The Morgan fingerprint density at radius 1 is 1.24 bits per heavy atom. The minimum absolute atomic E-state index is 0.0687. The standard InChI is InChI=1S/C16H23NO4/c1-19-12-16(8-5-9-16)15(18)17-10-11-21-14-7-4-3-6-13(14)20-2/h3-4,6-7H,5,8-12H2,1-2H3,(H,17,18). The van der Waals surface area contributed by atoms with Crippen molar-refractivity contribution >= 4 is 5.91 Å². The number of ether oxygens (including phenoxy) is 3. The lowest BCUT2D eigenvalue weighted by atomic mass is 9.68. The number of methoxy groups -OCH3 is 2. The maximum Gasteiger partial charge on any atom is 0.228 e. The summed E-state index contributed by atoms with van der Waals surface area (Å²) in [5, 5.41) is 2.93. The third-order valence-electron chi connectivity index (χ3n) is 3.93. The maximum absolute atomic E-state index is 12.2. The van der Waals surface area contributed by atoms with Crippen molar-refractivity contribution in [3.63, 3.8) is 0 Å². The van der Waals surface area contributed by atoms with Gasteiger partial charge in [-0.15, -0.1) is 0 Å². The van der Waals surface area contributed by atoms with Crippen LogP contribution in [0.3, 0.4) is 0 Å². The molecule has 1 amide bonds. The van der Waals surface area contributed by atoms with Gasteiger partial charge in [-0.2, -0.15) is 0 Å². The van der Waals surface area contributed by atoms with Gasteiger partial charge >= 0.3 is 0 Å². The van der Waals surface area contributed by atoms with E-state index in [2.05, 4.69) is 5.32 Å². The highest BCUT2D eigenvalue weighted by Crippen LogP contribution is 2.41. The number of carbonyl (C=O) groups excluding carboxylic acids is 1. The van der Waals surface area contributed by atoms with Crippen LogP contribution in [-0.4, -0.2) is 39.9 Å². The summed E-state index contributed by atoms with van der Waals surface area (Å²) >= 11 is 0.